The fourth-order valence-corrected chi connectivity index (χ4v) is 4.26. The molecule has 1 aromatic heterocycles. The van der Waals surface area contributed by atoms with E-state index in [-0.39, 0.29) is 11.8 Å². The number of hydrogen-bond donors (Lipinski definition) is 1. The van der Waals surface area contributed by atoms with Gasteiger partial charge in [-0.1, -0.05) is 18.2 Å². The number of anilines is 1. The Morgan fingerprint density at radius 3 is 2.43 bits per heavy atom. The number of benzene rings is 1. The van der Waals surface area contributed by atoms with Crippen molar-refractivity contribution in [1.29, 1.82) is 0 Å². The first kappa shape index (κ1) is 20.1. The van der Waals surface area contributed by atoms with Gasteiger partial charge in [-0.2, -0.15) is 0 Å². The average molecular weight is 410 g/mol. The molecular formula is C22H26N4O4. The lowest BCUT2D eigenvalue weighted by atomic mass is 9.97. The quantitative estimate of drug-likeness (QED) is 0.835. The summed E-state index contributed by atoms with van der Waals surface area (Å²) in [5.74, 6) is -0.404. The van der Waals surface area contributed by atoms with Crippen LogP contribution < -0.4 is 4.90 Å². The second-order valence-electron chi connectivity index (χ2n) is 7.94. The zero-order chi connectivity index (χ0) is 21.3. The Kier molecular flexibility index (Phi) is 5.57. The third kappa shape index (κ3) is 3.69. The molecule has 4 rings (SSSR count). The van der Waals surface area contributed by atoms with Gasteiger partial charge < -0.3 is 14.6 Å². The highest BCUT2D eigenvalue weighted by Gasteiger charge is 2.34. The van der Waals surface area contributed by atoms with E-state index in [1.54, 1.807) is 36.2 Å². The van der Waals surface area contributed by atoms with Gasteiger partial charge in [-0.3, -0.25) is 19.3 Å². The first-order valence-electron chi connectivity index (χ1n) is 10.4. The maximum absolute atomic E-state index is 13.5. The molecule has 2 aliphatic rings. The first-order valence-corrected chi connectivity index (χ1v) is 10.4. The number of piperidine rings is 1. The molecule has 8 heteroatoms. The van der Waals surface area contributed by atoms with E-state index in [2.05, 4.69) is 4.98 Å². The molecule has 0 spiro atoms. The standard InChI is InChI=1S/C22H26N4O4/c1-24(20(27)15-7-3-2-4-8-15)19-18(26-12-6-5-9-17(26)23-19)21(28)25-13-10-16(11-14-25)22(29)30/h2-4,7-8,16H,5-6,9-14H2,1H3,(H,29,30). The Morgan fingerprint density at radius 1 is 1.07 bits per heavy atom. The van der Waals surface area contributed by atoms with Crippen molar-refractivity contribution < 1.29 is 19.5 Å². The summed E-state index contributed by atoms with van der Waals surface area (Å²) in [4.78, 5) is 45.6. The molecule has 1 fully saturated rings. The molecule has 1 aromatic carbocycles. The van der Waals surface area contributed by atoms with Crippen molar-refractivity contribution >= 4 is 23.6 Å². The molecule has 0 bridgehead atoms. The van der Waals surface area contributed by atoms with E-state index < -0.39 is 11.9 Å². The second kappa shape index (κ2) is 8.30. The molecule has 2 aliphatic heterocycles. The maximum Gasteiger partial charge on any atom is 0.306 e. The Bertz CT molecular complexity index is 961. The molecule has 0 aliphatic carbocycles. The van der Waals surface area contributed by atoms with Crippen LogP contribution in [0.4, 0.5) is 5.82 Å². The minimum atomic E-state index is -0.808. The number of aliphatic carboxylic acids is 1. The van der Waals surface area contributed by atoms with E-state index in [0.29, 0.717) is 49.6 Å². The number of nitrogens with zero attached hydrogens (tertiary/aromatic N) is 4. The summed E-state index contributed by atoms with van der Waals surface area (Å²) in [6, 6.07) is 8.94. The van der Waals surface area contributed by atoms with Crippen molar-refractivity contribution in [3.8, 4) is 0 Å². The van der Waals surface area contributed by atoms with E-state index in [4.69, 9.17) is 0 Å². The lowest BCUT2D eigenvalue weighted by molar-refractivity contribution is -0.143. The summed E-state index contributed by atoms with van der Waals surface area (Å²) in [6.45, 7) is 1.49. The number of aromatic nitrogens is 2. The van der Waals surface area contributed by atoms with Crippen LogP contribution in [0.3, 0.4) is 0 Å². The molecule has 0 atom stereocenters. The Labute approximate surface area is 175 Å². The van der Waals surface area contributed by atoms with Gasteiger partial charge in [0, 0.05) is 38.7 Å². The summed E-state index contributed by atoms with van der Waals surface area (Å²) in [5, 5.41) is 9.23. The van der Waals surface area contributed by atoms with Gasteiger partial charge in [-0.05, 0) is 37.8 Å². The highest BCUT2D eigenvalue weighted by Crippen LogP contribution is 2.29. The van der Waals surface area contributed by atoms with E-state index >= 15 is 0 Å². The number of imidazole rings is 1. The van der Waals surface area contributed by atoms with Crippen LogP contribution in [0, 0.1) is 5.92 Å². The largest absolute Gasteiger partial charge is 0.481 e. The normalized spacial score (nSPS) is 16.8. The van der Waals surface area contributed by atoms with Crippen LogP contribution in [-0.4, -0.2) is 57.5 Å². The van der Waals surface area contributed by atoms with Crippen molar-refractivity contribution in [1.82, 2.24) is 14.5 Å². The van der Waals surface area contributed by atoms with E-state index in [1.165, 1.54) is 4.90 Å². The molecule has 2 aromatic rings. The van der Waals surface area contributed by atoms with E-state index in [1.807, 2.05) is 10.6 Å². The maximum atomic E-state index is 13.5. The Balaban J connectivity index is 1.65. The predicted octanol–water partition coefficient (Wildman–Crippen LogP) is 2.43. The SMILES string of the molecule is CN(C(=O)c1ccccc1)c1nc2n(c1C(=O)N1CCC(C(=O)O)CC1)CCCC2. The molecule has 158 valence electrons. The van der Waals surface area contributed by atoms with Crippen molar-refractivity contribution in [2.24, 2.45) is 5.92 Å². The summed E-state index contributed by atoms with van der Waals surface area (Å²) < 4.78 is 1.94. The monoisotopic (exact) mass is 410 g/mol. The van der Waals surface area contributed by atoms with Crippen molar-refractivity contribution in [3.63, 3.8) is 0 Å². The van der Waals surface area contributed by atoms with Gasteiger partial charge in [0.25, 0.3) is 11.8 Å². The molecule has 1 N–H and O–H groups in total. The zero-order valence-electron chi connectivity index (χ0n) is 17.1. The van der Waals surface area contributed by atoms with Crippen LogP contribution >= 0.6 is 0 Å². The van der Waals surface area contributed by atoms with Crippen LogP contribution in [0.1, 0.15) is 52.4 Å². The van der Waals surface area contributed by atoms with Gasteiger partial charge in [-0.15, -0.1) is 0 Å². The molecule has 30 heavy (non-hydrogen) atoms. The Morgan fingerprint density at radius 2 is 1.77 bits per heavy atom. The van der Waals surface area contributed by atoms with Crippen molar-refractivity contribution in [3.05, 3.63) is 47.4 Å². The molecular weight excluding hydrogens is 384 g/mol. The number of carbonyl (C=O) groups is 3. The molecule has 0 radical (unpaired) electrons. The van der Waals surface area contributed by atoms with Gasteiger partial charge >= 0.3 is 5.97 Å². The highest BCUT2D eigenvalue weighted by atomic mass is 16.4. The van der Waals surface area contributed by atoms with Crippen molar-refractivity contribution in [2.45, 2.75) is 38.6 Å². The van der Waals surface area contributed by atoms with E-state index in [0.717, 1.165) is 25.1 Å². The van der Waals surface area contributed by atoms with Crippen LogP contribution in [0.2, 0.25) is 0 Å². The van der Waals surface area contributed by atoms with Crippen LogP contribution in [0.15, 0.2) is 30.3 Å². The number of carboxylic acid groups (broad SMARTS) is 1. The number of carbonyl (C=O) groups excluding carboxylic acids is 2. The molecule has 2 amide bonds. The molecule has 8 nitrogen and oxygen atoms in total. The van der Waals surface area contributed by atoms with Gasteiger partial charge in [-0.25, -0.2) is 4.98 Å². The minimum absolute atomic E-state index is 0.179. The topological polar surface area (TPSA) is 95.7 Å². The fourth-order valence-electron chi connectivity index (χ4n) is 4.26. The molecule has 3 heterocycles. The number of aryl methyl sites for hydroxylation is 1. The number of fused-ring (bicyclic) bond motifs is 1. The van der Waals surface area contributed by atoms with Gasteiger partial charge in [0.2, 0.25) is 0 Å². The summed E-state index contributed by atoms with van der Waals surface area (Å²) in [7, 11) is 1.65. The number of likely N-dealkylation sites (tertiary alicyclic amines) is 1. The third-order valence-electron chi connectivity index (χ3n) is 6.04. The van der Waals surface area contributed by atoms with Crippen LogP contribution in [-0.2, 0) is 17.8 Å². The van der Waals surface area contributed by atoms with Crippen LogP contribution in [0.5, 0.6) is 0 Å². The number of hydrogen-bond acceptors (Lipinski definition) is 4. The average Bonchev–Trinajstić information content (AvgIpc) is 3.17. The van der Waals surface area contributed by atoms with Gasteiger partial charge in [0.1, 0.15) is 5.82 Å². The van der Waals surface area contributed by atoms with Crippen molar-refractivity contribution in [2.75, 3.05) is 25.0 Å². The van der Waals surface area contributed by atoms with E-state index in [9.17, 15) is 19.5 Å². The van der Waals surface area contributed by atoms with Gasteiger partial charge in [0.15, 0.2) is 11.5 Å². The van der Waals surface area contributed by atoms with Crippen LogP contribution in [0.25, 0.3) is 0 Å². The lowest BCUT2D eigenvalue weighted by Crippen LogP contribution is -2.42. The lowest BCUT2D eigenvalue weighted by Gasteiger charge is -2.31. The summed E-state index contributed by atoms with van der Waals surface area (Å²) >= 11 is 0. The van der Waals surface area contributed by atoms with Gasteiger partial charge in [0.05, 0.1) is 5.92 Å². The minimum Gasteiger partial charge on any atom is -0.481 e. The number of rotatable bonds is 4. The molecule has 0 unspecified atom stereocenters. The number of amides is 2. The summed E-state index contributed by atoms with van der Waals surface area (Å²) in [6.07, 6.45) is 3.62. The predicted molar refractivity (Wildman–Crippen MR) is 111 cm³/mol. The fraction of sp³-hybridized carbons (Fsp3) is 0.455. The Hall–Kier alpha value is -3.16. The molecule has 1 saturated heterocycles. The first-order chi connectivity index (χ1) is 14.5. The zero-order valence-corrected chi connectivity index (χ0v) is 17.1. The molecule has 0 saturated carbocycles. The smallest absolute Gasteiger partial charge is 0.306 e. The highest BCUT2D eigenvalue weighted by molar-refractivity contribution is 6.09. The third-order valence-corrected chi connectivity index (χ3v) is 6.04. The second-order valence-corrected chi connectivity index (χ2v) is 7.94. The number of carboxylic acids is 1. The summed E-state index contributed by atoms with van der Waals surface area (Å²) in [5.41, 5.74) is 0.969.